The zero-order valence-corrected chi connectivity index (χ0v) is 21.6. The van der Waals surface area contributed by atoms with E-state index in [0.717, 1.165) is 35.8 Å². The van der Waals surface area contributed by atoms with Crippen LogP contribution in [-0.2, 0) is 4.74 Å². The monoisotopic (exact) mass is 501 g/mol. The first kappa shape index (κ1) is 24.9. The van der Waals surface area contributed by atoms with E-state index in [2.05, 4.69) is 32.8 Å². The first-order valence-corrected chi connectivity index (χ1v) is 12.7. The van der Waals surface area contributed by atoms with Crippen molar-refractivity contribution in [2.45, 2.75) is 70.6 Å². The second-order valence-electron chi connectivity index (χ2n) is 10.8. The Kier molecular flexibility index (Phi) is 6.67. The molecule has 4 aromatic rings. The molecule has 0 aliphatic heterocycles. The van der Waals surface area contributed by atoms with Gasteiger partial charge in [-0.3, -0.25) is 4.90 Å². The lowest BCUT2D eigenvalue weighted by Gasteiger charge is -2.37. The van der Waals surface area contributed by atoms with Gasteiger partial charge in [-0.05, 0) is 80.7 Å². The lowest BCUT2D eigenvalue weighted by molar-refractivity contribution is 0.00693. The van der Waals surface area contributed by atoms with Gasteiger partial charge in [-0.15, -0.1) is 10.2 Å². The Bertz CT molecular complexity index is 1380. The molecule has 3 aromatic carbocycles. The van der Waals surface area contributed by atoms with Crippen LogP contribution in [0, 0.1) is 5.82 Å². The second kappa shape index (κ2) is 9.92. The highest BCUT2D eigenvalue weighted by molar-refractivity contribution is 5.87. The van der Waals surface area contributed by atoms with Gasteiger partial charge in [-0.1, -0.05) is 54.6 Å². The second-order valence-corrected chi connectivity index (χ2v) is 10.8. The van der Waals surface area contributed by atoms with Crippen LogP contribution in [0.25, 0.3) is 22.2 Å². The Balaban J connectivity index is 1.43. The van der Waals surface area contributed by atoms with Crippen LogP contribution in [0.3, 0.4) is 0 Å². The predicted molar refractivity (Wildman–Crippen MR) is 140 cm³/mol. The number of aromatic amines is 1. The Labute approximate surface area is 216 Å². The fourth-order valence-electron chi connectivity index (χ4n) is 5.44. The third-order valence-electron chi connectivity index (χ3n) is 7.16. The number of aromatic nitrogens is 4. The van der Waals surface area contributed by atoms with Crippen molar-refractivity contribution in [1.82, 2.24) is 25.5 Å². The van der Waals surface area contributed by atoms with Crippen LogP contribution in [0.15, 0.2) is 60.7 Å². The Morgan fingerprint density at radius 3 is 2.46 bits per heavy atom. The molecule has 5 rings (SSSR count). The number of nitrogens with one attached hydrogen (secondary N) is 1. The molecule has 0 radical (unpaired) electrons. The number of amides is 1. The molecule has 1 aliphatic rings. The van der Waals surface area contributed by atoms with E-state index in [0.29, 0.717) is 17.1 Å². The lowest BCUT2D eigenvalue weighted by atomic mass is 9.95. The number of rotatable bonds is 5. The van der Waals surface area contributed by atoms with Gasteiger partial charge in [0.1, 0.15) is 11.4 Å². The number of hydrogen-bond acceptors (Lipinski definition) is 5. The minimum absolute atomic E-state index is 0.00412. The van der Waals surface area contributed by atoms with E-state index in [1.807, 2.05) is 62.9 Å². The highest BCUT2D eigenvalue weighted by atomic mass is 19.1. The molecule has 1 N–H and O–H groups in total. The molecule has 7 nitrogen and oxygen atoms in total. The van der Waals surface area contributed by atoms with Gasteiger partial charge in [0.25, 0.3) is 0 Å². The van der Waals surface area contributed by atoms with Gasteiger partial charge < -0.3 is 4.74 Å². The SMILES string of the molecule is C[C@H](c1ccc(F)c2ccccc12)N(C(=O)OC(C)(C)C)[C@H]1CC[C@@H](c2ccc(-c3nn[nH]n3)cc2)C1. The molecule has 0 spiro atoms. The maximum absolute atomic E-state index is 14.6. The van der Waals surface area contributed by atoms with E-state index >= 15 is 0 Å². The number of carbonyl (C=O) groups excluding carboxylic acids is 1. The number of benzene rings is 3. The highest BCUT2D eigenvalue weighted by Crippen LogP contribution is 2.41. The number of carbonyl (C=O) groups is 1. The summed E-state index contributed by atoms with van der Waals surface area (Å²) in [7, 11) is 0. The van der Waals surface area contributed by atoms with Crippen LogP contribution in [0.4, 0.5) is 9.18 Å². The van der Waals surface area contributed by atoms with E-state index in [-0.39, 0.29) is 24.0 Å². The Morgan fingerprint density at radius 1 is 1.05 bits per heavy atom. The molecule has 1 aliphatic carbocycles. The molecule has 1 amide bonds. The molecule has 1 heterocycles. The summed E-state index contributed by atoms with van der Waals surface area (Å²) in [5, 5.41) is 15.6. The molecule has 1 fully saturated rings. The molecule has 37 heavy (non-hydrogen) atoms. The average molecular weight is 502 g/mol. The molecular weight excluding hydrogens is 469 g/mol. The summed E-state index contributed by atoms with van der Waals surface area (Å²) in [5.41, 5.74) is 2.41. The third kappa shape index (κ3) is 5.19. The van der Waals surface area contributed by atoms with E-state index in [9.17, 15) is 9.18 Å². The van der Waals surface area contributed by atoms with Crippen LogP contribution < -0.4 is 0 Å². The van der Waals surface area contributed by atoms with Crippen molar-refractivity contribution < 1.29 is 13.9 Å². The highest BCUT2D eigenvalue weighted by Gasteiger charge is 2.38. The van der Waals surface area contributed by atoms with Crippen molar-refractivity contribution in [2.24, 2.45) is 0 Å². The Morgan fingerprint density at radius 2 is 1.78 bits per heavy atom. The minimum atomic E-state index is -0.622. The first-order valence-electron chi connectivity index (χ1n) is 12.7. The van der Waals surface area contributed by atoms with Gasteiger partial charge in [0.15, 0.2) is 0 Å². The standard InChI is InChI=1S/C29H32FN5O2/c1-18(23-15-16-26(30)25-8-6-5-7-24(23)25)35(28(36)37-29(2,3)4)22-14-13-21(17-22)19-9-11-20(12-10-19)27-31-33-34-32-27/h5-12,15-16,18,21-22H,13-14,17H2,1-4H3,(H,31,32,33,34)/t18-,21-,22+/m1/s1. The summed E-state index contributed by atoms with van der Waals surface area (Å²) in [4.78, 5) is 15.5. The summed E-state index contributed by atoms with van der Waals surface area (Å²) in [6, 6.07) is 18.6. The molecule has 1 saturated carbocycles. The van der Waals surface area contributed by atoms with E-state index < -0.39 is 5.60 Å². The van der Waals surface area contributed by atoms with Crippen LogP contribution >= 0.6 is 0 Å². The number of nitrogens with zero attached hydrogens (tertiary/aromatic N) is 4. The lowest BCUT2D eigenvalue weighted by Crippen LogP contribution is -2.44. The van der Waals surface area contributed by atoms with Crippen molar-refractivity contribution in [1.29, 1.82) is 0 Å². The number of ether oxygens (including phenoxy) is 1. The summed E-state index contributed by atoms with van der Waals surface area (Å²) >= 11 is 0. The van der Waals surface area contributed by atoms with E-state index in [1.165, 1.54) is 11.6 Å². The summed E-state index contributed by atoms with van der Waals surface area (Å²) in [5.74, 6) is 0.610. The minimum Gasteiger partial charge on any atom is -0.444 e. The average Bonchev–Trinajstić information content (AvgIpc) is 3.57. The molecular formula is C29H32FN5O2. The van der Waals surface area contributed by atoms with Gasteiger partial charge in [0, 0.05) is 17.0 Å². The smallest absolute Gasteiger partial charge is 0.411 e. The summed E-state index contributed by atoms with van der Waals surface area (Å²) in [6.07, 6.45) is 2.30. The first-order chi connectivity index (χ1) is 17.7. The molecule has 3 atom stereocenters. The van der Waals surface area contributed by atoms with Crippen LogP contribution in [0.5, 0.6) is 0 Å². The van der Waals surface area contributed by atoms with Gasteiger partial charge in [-0.2, -0.15) is 5.21 Å². The van der Waals surface area contributed by atoms with Crippen molar-refractivity contribution >= 4 is 16.9 Å². The molecule has 0 saturated heterocycles. The Hall–Kier alpha value is -3.81. The largest absolute Gasteiger partial charge is 0.444 e. The number of halogens is 1. The van der Waals surface area contributed by atoms with Crippen LogP contribution in [0.2, 0.25) is 0 Å². The van der Waals surface area contributed by atoms with Gasteiger partial charge in [0.2, 0.25) is 5.82 Å². The number of tetrazole rings is 1. The number of hydrogen-bond donors (Lipinski definition) is 1. The molecule has 8 heteroatoms. The van der Waals surface area contributed by atoms with E-state index in [1.54, 1.807) is 12.1 Å². The van der Waals surface area contributed by atoms with Crippen molar-refractivity contribution in [3.8, 4) is 11.4 Å². The van der Waals surface area contributed by atoms with Crippen molar-refractivity contribution in [2.75, 3.05) is 0 Å². The van der Waals surface area contributed by atoms with Gasteiger partial charge in [-0.25, -0.2) is 9.18 Å². The van der Waals surface area contributed by atoms with Crippen LogP contribution in [-0.4, -0.2) is 43.3 Å². The van der Waals surface area contributed by atoms with E-state index in [4.69, 9.17) is 4.74 Å². The number of fused-ring (bicyclic) bond motifs is 1. The summed E-state index contributed by atoms with van der Waals surface area (Å²) < 4.78 is 20.4. The molecule has 1 aromatic heterocycles. The maximum atomic E-state index is 14.6. The predicted octanol–water partition coefficient (Wildman–Crippen LogP) is 6.79. The van der Waals surface area contributed by atoms with Gasteiger partial charge in [0.05, 0.1) is 6.04 Å². The fourth-order valence-corrected chi connectivity index (χ4v) is 5.44. The zero-order chi connectivity index (χ0) is 26.2. The van der Waals surface area contributed by atoms with Gasteiger partial charge >= 0.3 is 6.09 Å². The third-order valence-corrected chi connectivity index (χ3v) is 7.16. The summed E-state index contributed by atoms with van der Waals surface area (Å²) in [6.45, 7) is 7.65. The molecule has 0 bridgehead atoms. The molecule has 0 unspecified atom stereocenters. The quantitative estimate of drug-likeness (QED) is 0.325. The van der Waals surface area contributed by atoms with Crippen molar-refractivity contribution in [3.63, 3.8) is 0 Å². The maximum Gasteiger partial charge on any atom is 0.411 e. The fraction of sp³-hybridized carbons (Fsp3) is 0.379. The molecule has 192 valence electrons. The van der Waals surface area contributed by atoms with Crippen LogP contribution in [0.1, 0.15) is 70.0 Å². The topological polar surface area (TPSA) is 84.0 Å². The van der Waals surface area contributed by atoms with Crippen molar-refractivity contribution in [3.05, 3.63) is 77.6 Å². The number of H-pyrrole nitrogens is 1. The normalized spacial score (nSPS) is 18.6. The zero-order valence-electron chi connectivity index (χ0n) is 21.6.